The van der Waals surface area contributed by atoms with E-state index in [0.29, 0.717) is 0 Å². The van der Waals surface area contributed by atoms with Crippen molar-refractivity contribution in [3.05, 3.63) is 39.6 Å². The minimum atomic E-state index is 0.246. The first-order valence-electron chi connectivity index (χ1n) is 4.83. The zero-order chi connectivity index (χ0) is 11.4. The molecule has 0 aliphatic heterocycles. The quantitative estimate of drug-likeness (QED) is 0.940. The molecule has 0 spiro atoms. The molecule has 2 aromatic heterocycles. The van der Waals surface area contributed by atoms with Crippen LogP contribution in [-0.2, 0) is 6.42 Å². The minimum Gasteiger partial charge on any atom is -0.312 e. The molecule has 84 valence electrons. The molecule has 0 saturated carbocycles. The van der Waals surface area contributed by atoms with Crippen LogP contribution < -0.4 is 5.32 Å². The highest BCUT2D eigenvalue weighted by Crippen LogP contribution is 2.20. The number of hydrogen-bond donors (Lipinski definition) is 1. The van der Waals surface area contributed by atoms with Crippen LogP contribution in [0.3, 0.4) is 0 Å². The Morgan fingerprint density at radius 2 is 2.31 bits per heavy atom. The van der Waals surface area contributed by atoms with E-state index in [1.54, 1.807) is 12.4 Å². The van der Waals surface area contributed by atoms with Crippen molar-refractivity contribution in [1.82, 2.24) is 19.9 Å². The van der Waals surface area contributed by atoms with Gasteiger partial charge in [0.15, 0.2) is 0 Å². The summed E-state index contributed by atoms with van der Waals surface area (Å²) in [5.74, 6) is 0. The van der Waals surface area contributed by atoms with Crippen molar-refractivity contribution in [3.8, 4) is 0 Å². The first-order chi connectivity index (χ1) is 7.79. The van der Waals surface area contributed by atoms with Gasteiger partial charge in [-0.15, -0.1) is 5.10 Å². The number of rotatable bonds is 4. The lowest BCUT2D eigenvalue weighted by atomic mass is 10.1. The van der Waals surface area contributed by atoms with Crippen LogP contribution in [0.5, 0.6) is 0 Å². The van der Waals surface area contributed by atoms with Gasteiger partial charge in [-0.05, 0) is 52.6 Å². The Morgan fingerprint density at radius 3 is 2.94 bits per heavy atom. The maximum atomic E-state index is 4.15. The number of likely N-dealkylation sites (N-methyl/N-ethyl adjacent to an activating group) is 1. The molecular weight excluding hydrogens is 288 g/mol. The minimum absolute atomic E-state index is 0.246. The topological polar surface area (TPSA) is 50.7 Å². The molecule has 1 unspecified atom stereocenters. The first-order valence-corrected chi connectivity index (χ1v) is 6.40. The average molecular weight is 299 g/mol. The van der Waals surface area contributed by atoms with Crippen LogP contribution in [0.25, 0.3) is 0 Å². The molecule has 0 fully saturated rings. The van der Waals surface area contributed by atoms with E-state index >= 15 is 0 Å². The smallest absolute Gasteiger partial charge is 0.0669 e. The third-order valence-electron chi connectivity index (χ3n) is 2.27. The molecule has 0 aliphatic carbocycles. The number of pyridine rings is 1. The molecule has 1 N–H and O–H groups in total. The van der Waals surface area contributed by atoms with Gasteiger partial charge < -0.3 is 5.32 Å². The lowest BCUT2D eigenvalue weighted by Crippen LogP contribution is -2.17. The highest BCUT2D eigenvalue weighted by atomic mass is 79.9. The van der Waals surface area contributed by atoms with Gasteiger partial charge in [-0.3, -0.25) is 4.98 Å². The molecule has 0 saturated heterocycles. The summed E-state index contributed by atoms with van der Waals surface area (Å²) in [5, 5.41) is 7.11. The highest BCUT2D eigenvalue weighted by Gasteiger charge is 2.12. The average Bonchev–Trinajstić information content (AvgIpc) is 2.79. The van der Waals surface area contributed by atoms with Crippen LogP contribution in [0.4, 0.5) is 0 Å². The van der Waals surface area contributed by atoms with Gasteiger partial charge in [0.05, 0.1) is 11.1 Å². The van der Waals surface area contributed by atoms with E-state index in [0.717, 1.165) is 15.8 Å². The second kappa shape index (κ2) is 5.47. The van der Waals surface area contributed by atoms with Gasteiger partial charge >= 0.3 is 0 Å². The van der Waals surface area contributed by atoms with Crippen molar-refractivity contribution in [2.24, 2.45) is 0 Å². The summed E-state index contributed by atoms with van der Waals surface area (Å²) >= 11 is 4.84. The van der Waals surface area contributed by atoms with E-state index in [9.17, 15) is 0 Å². The SMILES string of the molecule is CNC(Cc1cncc(Br)c1)c1cnns1. The van der Waals surface area contributed by atoms with E-state index in [2.05, 4.69) is 41.9 Å². The molecule has 2 aromatic rings. The zero-order valence-electron chi connectivity index (χ0n) is 8.72. The van der Waals surface area contributed by atoms with E-state index in [1.807, 2.05) is 13.2 Å². The van der Waals surface area contributed by atoms with Gasteiger partial charge in [0.1, 0.15) is 0 Å². The second-order valence-electron chi connectivity index (χ2n) is 3.38. The Balaban J connectivity index is 2.13. The molecule has 0 radical (unpaired) electrons. The molecule has 2 rings (SSSR count). The van der Waals surface area contributed by atoms with E-state index in [1.165, 1.54) is 17.1 Å². The number of halogens is 1. The summed E-state index contributed by atoms with van der Waals surface area (Å²) in [4.78, 5) is 5.29. The molecular formula is C10H11BrN4S. The van der Waals surface area contributed by atoms with Gasteiger partial charge in [0.25, 0.3) is 0 Å². The lowest BCUT2D eigenvalue weighted by molar-refractivity contribution is 0.600. The Kier molecular flexibility index (Phi) is 3.98. The summed E-state index contributed by atoms with van der Waals surface area (Å²) in [6, 6.07) is 2.32. The molecule has 2 heterocycles. The molecule has 1 atom stereocenters. The van der Waals surface area contributed by atoms with E-state index < -0.39 is 0 Å². The van der Waals surface area contributed by atoms with Crippen molar-refractivity contribution in [1.29, 1.82) is 0 Å². The predicted molar refractivity (Wildman–Crippen MR) is 67.4 cm³/mol. The van der Waals surface area contributed by atoms with Gasteiger partial charge in [-0.2, -0.15) is 0 Å². The van der Waals surface area contributed by atoms with Crippen LogP contribution in [-0.4, -0.2) is 21.6 Å². The summed E-state index contributed by atoms with van der Waals surface area (Å²) in [6.07, 6.45) is 6.35. The van der Waals surface area contributed by atoms with Gasteiger partial charge in [-0.1, -0.05) is 4.49 Å². The standard InChI is InChI=1S/C10H11BrN4S/c1-12-9(10-6-14-15-16-10)3-7-2-8(11)5-13-4-7/h2,4-6,9,12H,3H2,1H3. The first kappa shape index (κ1) is 11.6. The maximum Gasteiger partial charge on any atom is 0.0669 e. The fraction of sp³-hybridized carbons (Fsp3) is 0.300. The van der Waals surface area contributed by atoms with Crippen LogP contribution in [0.15, 0.2) is 29.1 Å². The van der Waals surface area contributed by atoms with Crippen LogP contribution in [0, 0.1) is 0 Å². The number of nitrogens with one attached hydrogen (secondary N) is 1. The highest BCUT2D eigenvalue weighted by molar-refractivity contribution is 9.10. The molecule has 0 aromatic carbocycles. The van der Waals surface area contributed by atoms with Crippen LogP contribution >= 0.6 is 27.5 Å². The summed E-state index contributed by atoms with van der Waals surface area (Å²) in [5.41, 5.74) is 1.18. The summed E-state index contributed by atoms with van der Waals surface area (Å²) in [7, 11) is 1.94. The Bertz CT molecular complexity index is 446. The van der Waals surface area contributed by atoms with Crippen molar-refractivity contribution < 1.29 is 0 Å². The number of aromatic nitrogens is 3. The third-order valence-corrected chi connectivity index (χ3v) is 3.48. The van der Waals surface area contributed by atoms with Crippen molar-refractivity contribution in [2.45, 2.75) is 12.5 Å². The molecule has 4 nitrogen and oxygen atoms in total. The molecule has 0 amide bonds. The Hall–Kier alpha value is -0.850. The van der Waals surface area contributed by atoms with E-state index in [4.69, 9.17) is 0 Å². The van der Waals surface area contributed by atoms with E-state index in [-0.39, 0.29) is 6.04 Å². The zero-order valence-corrected chi connectivity index (χ0v) is 11.1. The Labute approximate surface area is 106 Å². The van der Waals surface area contributed by atoms with Crippen molar-refractivity contribution >= 4 is 27.5 Å². The van der Waals surface area contributed by atoms with Gasteiger partial charge in [0.2, 0.25) is 0 Å². The molecule has 16 heavy (non-hydrogen) atoms. The summed E-state index contributed by atoms with van der Waals surface area (Å²) < 4.78 is 4.88. The lowest BCUT2D eigenvalue weighted by Gasteiger charge is -2.13. The molecule has 6 heteroatoms. The fourth-order valence-electron chi connectivity index (χ4n) is 1.48. The van der Waals surface area contributed by atoms with Crippen molar-refractivity contribution in [3.63, 3.8) is 0 Å². The number of nitrogens with zero attached hydrogens (tertiary/aromatic N) is 3. The largest absolute Gasteiger partial charge is 0.312 e. The molecule has 0 bridgehead atoms. The normalized spacial score (nSPS) is 12.6. The predicted octanol–water partition coefficient (Wildman–Crippen LogP) is 2.20. The second-order valence-corrected chi connectivity index (χ2v) is 5.11. The summed E-state index contributed by atoms with van der Waals surface area (Å²) in [6.45, 7) is 0. The van der Waals surface area contributed by atoms with Gasteiger partial charge in [0, 0.05) is 22.9 Å². The molecule has 0 aliphatic rings. The fourth-order valence-corrected chi connectivity index (χ4v) is 2.50. The van der Waals surface area contributed by atoms with Crippen LogP contribution in [0.1, 0.15) is 16.5 Å². The number of hydrogen-bond acceptors (Lipinski definition) is 5. The van der Waals surface area contributed by atoms with Gasteiger partial charge in [-0.25, -0.2) is 0 Å². The van der Waals surface area contributed by atoms with Crippen LogP contribution in [0.2, 0.25) is 0 Å². The third kappa shape index (κ3) is 2.84. The maximum absolute atomic E-state index is 4.15. The Morgan fingerprint density at radius 1 is 1.44 bits per heavy atom. The monoisotopic (exact) mass is 298 g/mol. The van der Waals surface area contributed by atoms with Crippen molar-refractivity contribution in [2.75, 3.05) is 7.05 Å².